The molecule has 1 aromatic heterocycles. The lowest BCUT2D eigenvalue weighted by Crippen LogP contribution is -2.28. The van der Waals surface area contributed by atoms with Crippen LogP contribution >= 0.6 is 11.3 Å². The van der Waals surface area contributed by atoms with Gasteiger partial charge in [0.1, 0.15) is 6.04 Å². The second-order valence-electron chi connectivity index (χ2n) is 4.65. The molecule has 0 spiro atoms. The molecule has 100 valence electrons. The van der Waals surface area contributed by atoms with Gasteiger partial charge in [0.2, 0.25) is 0 Å². The van der Waals surface area contributed by atoms with Crippen molar-refractivity contribution in [1.82, 2.24) is 5.32 Å². The number of carboxylic acids is 1. The van der Waals surface area contributed by atoms with Crippen LogP contribution in [0.1, 0.15) is 27.6 Å². The molecule has 0 aliphatic carbocycles. The zero-order chi connectivity index (χ0) is 13.8. The highest BCUT2D eigenvalue weighted by atomic mass is 32.1. The largest absolute Gasteiger partial charge is 0.480 e. The topological polar surface area (TPSA) is 49.3 Å². The van der Waals surface area contributed by atoms with Crippen LogP contribution in [0.3, 0.4) is 0 Å². The standard InChI is InChI=1S/C15H17NO2S/c1-10-6-11(2)8-12(7-10)14(15(17)18)16-9-13-4-3-5-19-13/h3-8,14,16H,9H2,1-2H3,(H,17,18). The Kier molecular flexibility index (Phi) is 4.35. The van der Waals surface area contributed by atoms with Crippen molar-refractivity contribution in [1.29, 1.82) is 0 Å². The molecule has 4 heteroatoms. The van der Waals surface area contributed by atoms with Gasteiger partial charge in [0.05, 0.1) is 0 Å². The lowest BCUT2D eigenvalue weighted by atomic mass is 10.0. The van der Waals surface area contributed by atoms with Crippen LogP contribution in [0, 0.1) is 13.8 Å². The predicted octanol–water partition coefficient (Wildman–Crippen LogP) is 3.28. The molecule has 0 amide bonds. The Bertz CT molecular complexity index is 543. The summed E-state index contributed by atoms with van der Waals surface area (Å²) in [5.41, 5.74) is 2.97. The van der Waals surface area contributed by atoms with E-state index in [0.29, 0.717) is 6.54 Å². The summed E-state index contributed by atoms with van der Waals surface area (Å²) in [6.45, 7) is 4.53. The Morgan fingerprint density at radius 3 is 2.53 bits per heavy atom. The van der Waals surface area contributed by atoms with Gasteiger partial charge in [-0.2, -0.15) is 0 Å². The summed E-state index contributed by atoms with van der Waals surface area (Å²) in [6, 6.07) is 9.19. The number of benzene rings is 1. The average Bonchev–Trinajstić information content (AvgIpc) is 2.80. The lowest BCUT2D eigenvalue weighted by molar-refractivity contribution is -0.139. The number of nitrogens with one attached hydrogen (secondary N) is 1. The van der Waals surface area contributed by atoms with Gasteiger partial charge >= 0.3 is 5.97 Å². The molecule has 2 aromatic rings. The molecule has 2 N–H and O–H groups in total. The fourth-order valence-corrected chi connectivity index (χ4v) is 2.80. The minimum absolute atomic E-state index is 0.571. The van der Waals surface area contributed by atoms with Crippen molar-refractivity contribution < 1.29 is 9.90 Å². The molecule has 1 atom stereocenters. The van der Waals surface area contributed by atoms with Crippen LogP contribution < -0.4 is 5.32 Å². The fraction of sp³-hybridized carbons (Fsp3) is 0.267. The van der Waals surface area contributed by atoms with Crippen molar-refractivity contribution in [2.24, 2.45) is 0 Å². The molecular weight excluding hydrogens is 258 g/mol. The van der Waals surface area contributed by atoms with Crippen LogP contribution in [0.4, 0.5) is 0 Å². The molecule has 3 nitrogen and oxygen atoms in total. The van der Waals surface area contributed by atoms with Gasteiger partial charge < -0.3 is 5.11 Å². The quantitative estimate of drug-likeness (QED) is 0.880. The maximum absolute atomic E-state index is 11.4. The second kappa shape index (κ2) is 5.99. The summed E-state index contributed by atoms with van der Waals surface area (Å²) in [7, 11) is 0. The van der Waals surface area contributed by atoms with Gasteiger partial charge in [-0.25, -0.2) is 0 Å². The third-order valence-corrected chi connectivity index (χ3v) is 3.76. The molecule has 1 aromatic carbocycles. The van der Waals surface area contributed by atoms with Crippen LogP contribution in [0.15, 0.2) is 35.7 Å². The molecule has 0 saturated heterocycles. The van der Waals surface area contributed by atoms with E-state index in [1.807, 2.05) is 49.6 Å². The molecular formula is C15H17NO2S. The number of carboxylic acid groups (broad SMARTS) is 1. The SMILES string of the molecule is Cc1cc(C)cc(C(NCc2cccs2)C(=O)O)c1. The first-order valence-corrected chi connectivity index (χ1v) is 7.01. The van der Waals surface area contributed by atoms with Crippen molar-refractivity contribution >= 4 is 17.3 Å². The van der Waals surface area contributed by atoms with E-state index in [1.165, 1.54) is 0 Å². The minimum atomic E-state index is -0.846. The Morgan fingerprint density at radius 2 is 2.00 bits per heavy atom. The maximum Gasteiger partial charge on any atom is 0.325 e. The van der Waals surface area contributed by atoms with Gasteiger partial charge in [-0.15, -0.1) is 11.3 Å². The van der Waals surface area contributed by atoms with E-state index in [9.17, 15) is 9.90 Å². The normalized spacial score (nSPS) is 12.3. The van der Waals surface area contributed by atoms with Crippen LogP contribution in [0.2, 0.25) is 0 Å². The third kappa shape index (κ3) is 3.66. The summed E-state index contributed by atoms with van der Waals surface area (Å²) in [5, 5.41) is 14.5. The number of aryl methyl sites for hydroxylation is 2. The second-order valence-corrected chi connectivity index (χ2v) is 5.68. The molecule has 0 bridgehead atoms. The van der Waals surface area contributed by atoms with Gasteiger partial charge in [0.15, 0.2) is 0 Å². The van der Waals surface area contributed by atoms with E-state index in [0.717, 1.165) is 21.6 Å². The highest BCUT2D eigenvalue weighted by Gasteiger charge is 2.19. The molecule has 1 heterocycles. The lowest BCUT2D eigenvalue weighted by Gasteiger charge is -2.15. The summed E-state index contributed by atoms with van der Waals surface area (Å²) in [5.74, 6) is -0.846. The monoisotopic (exact) mass is 275 g/mol. The Labute approximate surface area is 116 Å². The van der Waals surface area contributed by atoms with Gasteiger partial charge in [-0.3, -0.25) is 10.1 Å². The van der Waals surface area contributed by atoms with E-state index >= 15 is 0 Å². The summed E-state index contributed by atoms with van der Waals surface area (Å²) in [6.07, 6.45) is 0. The van der Waals surface area contributed by atoms with E-state index in [2.05, 4.69) is 5.32 Å². The molecule has 0 aliphatic heterocycles. The van der Waals surface area contributed by atoms with Gasteiger partial charge in [0.25, 0.3) is 0 Å². The number of thiophene rings is 1. The smallest absolute Gasteiger partial charge is 0.325 e. The number of carbonyl (C=O) groups is 1. The molecule has 19 heavy (non-hydrogen) atoms. The van der Waals surface area contributed by atoms with Gasteiger partial charge in [-0.1, -0.05) is 35.4 Å². The van der Waals surface area contributed by atoms with Crippen LogP contribution in [-0.2, 0) is 11.3 Å². The van der Waals surface area contributed by atoms with E-state index in [1.54, 1.807) is 11.3 Å². The summed E-state index contributed by atoms with van der Waals surface area (Å²) >= 11 is 1.62. The highest BCUT2D eigenvalue weighted by molar-refractivity contribution is 7.09. The maximum atomic E-state index is 11.4. The first-order valence-electron chi connectivity index (χ1n) is 6.13. The minimum Gasteiger partial charge on any atom is -0.480 e. The number of hydrogen-bond acceptors (Lipinski definition) is 3. The van der Waals surface area contributed by atoms with Crippen molar-refractivity contribution in [2.45, 2.75) is 26.4 Å². The van der Waals surface area contributed by atoms with E-state index in [4.69, 9.17) is 0 Å². The first-order chi connectivity index (χ1) is 9.06. The predicted molar refractivity (Wildman–Crippen MR) is 77.5 cm³/mol. The van der Waals surface area contributed by atoms with Crippen LogP contribution in [0.5, 0.6) is 0 Å². The molecule has 0 radical (unpaired) electrons. The van der Waals surface area contributed by atoms with Crippen molar-refractivity contribution in [2.75, 3.05) is 0 Å². The third-order valence-electron chi connectivity index (χ3n) is 2.88. The van der Waals surface area contributed by atoms with Gasteiger partial charge in [-0.05, 0) is 30.9 Å². The van der Waals surface area contributed by atoms with Crippen LogP contribution in [-0.4, -0.2) is 11.1 Å². The molecule has 0 aliphatic rings. The fourth-order valence-electron chi connectivity index (χ4n) is 2.14. The Morgan fingerprint density at radius 1 is 1.32 bits per heavy atom. The molecule has 0 fully saturated rings. The van der Waals surface area contributed by atoms with Crippen molar-refractivity contribution in [3.8, 4) is 0 Å². The number of rotatable bonds is 5. The van der Waals surface area contributed by atoms with Crippen LogP contribution in [0.25, 0.3) is 0 Å². The summed E-state index contributed by atoms with van der Waals surface area (Å²) < 4.78 is 0. The molecule has 2 rings (SSSR count). The van der Waals surface area contributed by atoms with Crippen molar-refractivity contribution in [3.05, 3.63) is 57.3 Å². The molecule has 1 unspecified atom stereocenters. The van der Waals surface area contributed by atoms with Crippen molar-refractivity contribution in [3.63, 3.8) is 0 Å². The van der Waals surface area contributed by atoms with E-state index in [-0.39, 0.29) is 0 Å². The first kappa shape index (κ1) is 13.8. The Balaban J connectivity index is 2.17. The number of hydrogen-bond donors (Lipinski definition) is 2. The average molecular weight is 275 g/mol. The zero-order valence-electron chi connectivity index (χ0n) is 11.0. The zero-order valence-corrected chi connectivity index (χ0v) is 11.8. The van der Waals surface area contributed by atoms with E-state index < -0.39 is 12.0 Å². The van der Waals surface area contributed by atoms with Gasteiger partial charge in [0, 0.05) is 11.4 Å². The molecule has 0 saturated carbocycles. The number of aliphatic carboxylic acids is 1. The highest BCUT2D eigenvalue weighted by Crippen LogP contribution is 2.19. The summed E-state index contributed by atoms with van der Waals surface area (Å²) in [4.78, 5) is 12.6. The Hall–Kier alpha value is -1.65.